The van der Waals surface area contributed by atoms with E-state index in [0.717, 1.165) is 0 Å². The van der Waals surface area contributed by atoms with Gasteiger partial charge in [-0.25, -0.2) is 0 Å². The number of nitrogens with two attached hydrogens (primary N) is 3. The smallest absolute Gasteiger partial charge is 0.305 e. The van der Waals surface area contributed by atoms with Crippen LogP contribution in [0.2, 0.25) is 0 Å². The lowest BCUT2D eigenvalue weighted by atomic mass is 10.1. The van der Waals surface area contributed by atoms with E-state index in [1.807, 2.05) is 0 Å². The Labute approximate surface area is 163 Å². The van der Waals surface area contributed by atoms with E-state index < -0.39 is 48.2 Å². The van der Waals surface area contributed by atoms with Crippen LogP contribution >= 0.6 is 21.6 Å². The first-order valence-corrected chi connectivity index (χ1v) is 10.1. The molecule has 0 fully saturated rings. The predicted molar refractivity (Wildman–Crippen MR) is 99.3 cm³/mol. The Balaban J connectivity index is 4.75. The van der Waals surface area contributed by atoms with Crippen LogP contribution in [0.15, 0.2) is 0 Å². The molecule has 0 aromatic rings. The fourth-order valence-corrected chi connectivity index (χ4v) is 3.56. The predicted octanol–water partition coefficient (Wildman–Crippen LogP) is -3.24. The molecule has 0 saturated heterocycles. The first kappa shape index (κ1) is 25.0. The van der Waals surface area contributed by atoms with Crippen LogP contribution in [-0.4, -0.2) is 78.1 Å². The summed E-state index contributed by atoms with van der Waals surface area (Å²) in [7, 11) is 2.48. The van der Waals surface area contributed by atoms with Crippen molar-refractivity contribution in [3.8, 4) is 0 Å². The quantitative estimate of drug-likeness (QED) is 0.0869. The number of amides is 3. The Morgan fingerprint density at radius 2 is 1.74 bits per heavy atom. The van der Waals surface area contributed by atoms with Gasteiger partial charge in [0.25, 0.3) is 6.47 Å². The lowest BCUT2D eigenvalue weighted by Crippen LogP contribution is -2.57. The first-order valence-electron chi connectivity index (χ1n) is 7.60. The minimum absolute atomic E-state index is 0.0862. The van der Waals surface area contributed by atoms with Crippen LogP contribution < -0.4 is 27.8 Å². The van der Waals surface area contributed by atoms with Crippen LogP contribution in [0.5, 0.6) is 0 Å². The Kier molecular flexibility index (Phi) is 13.0. The van der Waals surface area contributed by atoms with Gasteiger partial charge >= 0.3 is 5.97 Å². The number of carbonyl (C=O) groups is 5. The van der Waals surface area contributed by atoms with Crippen molar-refractivity contribution in [3.63, 3.8) is 0 Å². The number of ether oxygens (including phenoxy) is 1. The monoisotopic (exact) mass is 425 g/mol. The second-order valence-corrected chi connectivity index (χ2v) is 7.67. The Hall–Kier alpha value is -2.03. The highest BCUT2D eigenvalue weighted by molar-refractivity contribution is 8.76. The van der Waals surface area contributed by atoms with Crippen molar-refractivity contribution in [3.05, 3.63) is 0 Å². The standard InChI is InChI=1S/C13H23N5O7S2/c14-4-7(15)12(23)17-8(3-10(20)21)13(24)18-9(11(16)22)5-27-26-2-1-25-6-19/h6-9H,1-5,14-15H2,(H2,16,22)(H,17,23)(H,18,24)(H,20,21)/t7-,8-,9-/m0/s1. The molecule has 0 heterocycles. The van der Waals surface area contributed by atoms with E-state index in [9.17, 15) is 24.0 Å². The molecule has 0 radical (unpaired) electrons. The molecule has 3 atom stereocenters. The summed E-state index contributed by atoms with van der Waals surface area (Å²) in [5.41, 5.74) is 15.9. The summed E-state index contributed by atoms with van der Waals surface area (Å²) in [6.45, 7) is 0.298. The van der Waals surface area contributed by atoms with Crippen LogP contribution in [0, 0.1) is 0 Å². The molecule has 0 unspecified atom stereocenters. The van der Waals surface area contributed by atoms with Crippen LogP contribution in [-0.2, 0) is 28.7 Å². The molecule has 154 valence electrons. The van der Waals surface area contributed by atoms with Crippen molar-refractivity contribution in [1.82, 2.24) is 10.6 Å². The van der Waals surface area contributed by atoms with Crippen LogP contribution in [0.4, 0.5) is 0 Å². The molecule has 0 aliphatic carbocycles. The van der Waals surface area contributed by atoms with E-state index in [1.54, 1.807) is 0 Å². The minimum Gasteiger partial charge on any atom is -0.481 e. The van der Waals surface area contributed by atoms with Crippen molar-refractivity contribution < 1.29 is 33.8 Å². The number of rotatable bonds is 15. The molecule has 9 N–H and O–H groups in total. The van der Waals surface area contributed by atoms with Crippen LogP contribution in [0.25, 0.3) is 0 Å². The summed E-state index contributed by atoms with van der Waals surface area (Å²) < 4.78 is 4.50. The molecule has 0 aromatic heterocycles. The van der Waals surface area contributed by atoms with E-state index >= 15 is 0 Å². The molecule has 0 aliphatic heterocycles. The molecule has 27 heavy (non-hydrogen) atoms. The summed E-state index contributed by atoms with van der Waals surface area (Å²) in [6, 6.07) is -3.66. The summed E-state index contributed by atoms with van der Waals surface area (Å²) in [5.74, 6) is -3.32. The molecule has 0 rings (SSSR count). The lowest BCUT2D eigenvalue weighted by molar-refractivity contribution is -0.141. The molecule has 14 heteroatoms. The summed E-state index contributed by atoms with van der Waals surface area (Å²) >= 11 is 0. The van der Waals surface area contributed by atoms with Gasteiger partial charge in [-0.05, 0) is 0 Å². The summed E-state index contributed by atoms with van der Waals surface area (Å²) in [6.07, 6.45) is -0.717. The van der Waals surface area contributed by atoms with Crippen molar-refractivity contribution in [2.24, 2.45) is 17.2 Å². The number of carbonyl (C=O) groups excluding carboxylic acids is 4. The van der Waals surface area contributed by atoms with Gasteiger partial charge in [0.2, 0.25) is 17.7 Å². The van der Waals surface area contributed by atoms with Gasteiger partial charge in [0.1, 0.15) is 18.7 Å². The normalized spacial score (nSPS) is 13.7. The highest BCUT2D eigenvalue weighted by Gasteiger charge is 2.28. The van der Waals surface area contributed by atoms with Crippen LogP contribution in [0.3, 0.4) is 0 Å². The van der Waals surface area contributed by atoms with E-state index in [0.29, 0.717) is 12.2 Å². The topological polar surface area (TPSA) is 217 Å². The number of hydrogen-bond acceptors (Lipinski definition) is 10. The largest absolute Gasteiger partial charge is 0.481 e. The number of carboxylic acids is 1. The molecule has 0 bridgehead atoms. The zero-order valence-electron chi connectivity index (χ0n) is 14.3. The maximum atomic E-state index is 12.3. The third-order valence-electron chi connectivity index (χ3n) is 2.93. The molecule has 0 aliphatic rings. The van der Waals surface area contributed by atoms with Gasteiger partial charge in [-0.15, -0.1) is 0 Å². The fourth-order valence-electron chi connectivity index (χ4n) is 1.54. The second-order valence-electron chi connectivity index (χ2n) is 5.04. The van der Waals surface area contributed by atoms with E-state index in [2.05, 4.69) is 15.4 Å². The Bertz CT molecular complexity index is 537. The molecule has 12 nitrogen and oxygen atoms in total. The highest BCUT2D eigenvalue weighted by atomic mass is 33.1. The molecule has 0 saturated carbocycles. The maximum Gasteiger partial charge on any atom is 0.305 e. The highest BCUT2D eigenvalue weighted by Crippen LogP contribution is 2.21. The van der Waals surface area contributed by atoms with Gasteiger partial charge in [-0.3, -0.25) is 24.0 Å². The number of nitrogens with one attached hydrogen (secondary N) is 2. The van der Waals surface area contributed by atoms with Crippen LogP contribution in [0.1, 0.15) is 6.42 Å². The number of aliphatic carboxylic acids is 1. The number of hydrogen-bond donors (Lipinski definition) is 6. The zero-order valence-corrected chi connectivity index (χ0v) is 15.9. The number of primary amides is 1. The third-order valence-corrected chi connectivity index (χ3v) is 5.31. The van der Waals surface area contributed by atoms with E-state index in [4.69, 9.17) is 22.3 Å². The van der Waals surface area contributed by atoms with Gasteiger partial charge in [0.05, 0.1) is 12.5 Å². The average Bonchev–Trinajstić information content (AvgIpc) is 2.61. The van der Waals surface area contributed by atoms with Crippen molar-refractivity contribution >= 4 is 51.8 Å². The fraction of sp³-hybridized carbons (Fsp3) is 0.615. The third kappa shape index (κ3) is 11.3. The molecule has 0 spiro atoms. The SMILES string of the molecule is NC[C@H](N)C(=O)N[C@@H](CC(=O)O)C(=O)N[C@@H](CSSCCOC=O)C(N)=O. The van der Waals surface area contributed by atoms with Gasteiger partial charge in [0.15, 0.2) is 0 Å². The second kappa shape index (κ2) is 14.1. The lowest BCUT2D eigenvalue weighted by Gasteiger charge is -2.21. The van der Waals surface area contributed by atoms with Gasteiger partial charge < -0.3 is 37.7 Å². The summed E-state index contributed by atoms with van der Waals surface area (Å²) in [5, 5.41) is 13.4. The maximum absolute atomic E-state index is 12.3. The van der Waals surface area contributed by atoms with Crippen molar-refractivity contribution in [2.45, 2.75) is 24.5 Å². The summed E-state index contributed by atoms with van der Waals surface area (Å²) in [4.78, 5) is 56.5. The number of carboxylic acid groups (broad SMARTS) is 1. The van der Waals surface area contributed by atoms with E-state index in [1.165, 1.54) is 21.6 Å². The molecule has 3 amide bonds. The Morgan fingerprint density at radius 3 is 2.26 bits per heavy atom. The van der Waals surface area contributed by atoms with Crippen molar-refractivity contribution in [1.29, 1.82) is 0 Å². The molecular formula is C13H23N5O7S2. The van der Waals surface area contributed by atoms with Crippen molar-refractivity contribution in [2.75, 3.05) is 24.7 Å². The minimum atomic E-state index is -1.45. The molecular weight excluding hydrogens is 402 g/mol. The molecule has 0 aromatic carbocycles. The van der Waals surface area contributed by atoms with Gasteiger partial charge in [0, 0.05) is 18.1 Å². The van der Waals surface area contributed by atoms with Gasteiger partial charge in [-0.2, -0.15) is 0 Å². The first-order chi connectivity index (χ1) is 12.7. The Morgan fingerprint density at radius 1 is 1.11 bits per heavy atom. The average molecular weight is 425 g/mol. The van der Waals surface area contributed by atoms with Gasteiger partial charge in [-0.1, -0.05) is 21.6 Å². The van der Waals surface area contributed by atoms with E-state index in [-0.39, 0.29) is 18.9 Å². The zero-order chi connectivity index (χ0) is 20.8.